The van der Waals surface area contributed by atoms with Gasteiger partial charge in [0.2, 0.25) is 0 Å². The quantitative estimate of drug-likeness (QED) is 0.714. The number of anilines is 1. The summed E-state index contributed by atoms with van der Waals surface area (Å²) >= 11 is 6.12. The largest absolute Gasteiger partial charge is 0.374 e. The van der Waals surface area contributed by atoms with E-state index in [0.29, 0.717) is 5.92 Å². The summed E-state index contributed by atoms with van der Waals surface area (Å²) in [5.74, 6) is 0.706. The van der Waals surface area contributed by atoms with E-state index < -0.39 is 0 Å². The molecule has 0 amide bonds. The number of nitrogens with one attached hydrogen (secondary N) is 1. The molecule has 1 N–H and O–H groups in total. The number of nitrogens with zero attached hydrogens (tertiary/aromatic N) is 1. The highest BCUT2D eigenvalue weighted by Crippen LogP contribution is 2.24. The third-order valence-electron chi connectivity index (χ3n) is 3.48. The molecule has 0 aromatic heterocycles. The lowest BCUT2D eigenvalue weighted by Gasteiger charge is -2.25. The first-order valence-electron chi connectivity index (χ1n) is 7.28. The fourth-order valence-corrected chi connectivity index (χ4v) is 2.36. The van der Waals surface area contributed by atoms with Crippen LogP contribution in [0.2, 0.25) is 5.02 Å². The molecule has 108 valence electrons. The summed E-state index contributed by atoms with van der Waals surface area (Å²) in [6.07, 6.45) is 2.36. The van der Waals surface area contributed by atoms with E-state index in [1.54, 1.807) is 0 Å². The second-order valence-electron chi connectivity index (χ2n) is 5.34. The van der Waals surface area contributed by atoms with Gasteiger partial charge in [-0.15, -0.1) is 0 Å². The van der Waals surface area contributed by atoms with Gasteiger partial charge in [-0.2, -0.15) is 0 Å². The van der Waals surface area contributed by atoms with E-state index in [9.17, 15) is 0 Å². The van der Waals surface area contributed by atoms with Crippen molar-refractivity contribution in [3.63, 3.8) is 0 Å². The first kappa shape index (κ1) is 16.3. The zero-order valence-corrected chi connectivity index (χ0v) is 13.4. The van der Waals surface area contributed by atoms with Crippen LogP contribution in [0.25, 0.3) is 0 Å². The van der Waals surface area contributed by atoms with Crippen LogP contribution in [0.15, 0.2) is 18.2 Å². The predicted octanol–water partition coefficient (Wildman–Crippen LogP) is 4.32. The maximum absolute atomic E-state index is 6.12. The molecule has 0 aliphatic heterocycles. The highest BCUT2D eigenvalue weighted by Gasteiger charge is 2.10. The van der Waals surface area contributed by atoms with Crippen molar-refractivity contribution in [2.75, 3.05) is 25.0 Å². The Bertz CT molecular complexity index is 379. The number of rotatable bonds is 8. The second kappa shape index (κ2) is 8.44. The van der Waals surface area contributed by atoms with E-state index >= 15 is 0 Å². The smallest absolute Gasteiger partial charge is 0.0410 e. The molecule has 0 aliphatic rings. The monoisotopic (exact) mass is 282 g/mol. The summed E-state index contributed by atoms with van der Waals surface area (Å²) in [5.41, 5.74) is 2.57. The Labute approximate surface area is 123 Å². The van der Waals surface area contributed by atoms with Crippen molar-refractivity contribution in [1.29, 1.82) is 0 Å². The van der Waals surface area contributed by atoms with E-state index in [0.717, 1.165) is 31.1 Å². The molecule has 1 aromatic rings. The Kier molecular flexibility index (Phi) is 7.25. The van der Waals surface area contributed by atoms with Crippen LogP contribution >= 0.6 is 11.6 Å². The number of halogens is 1. The van der Waals surface area contributed by atoms with Crippen LogP contribution in [0.1, 0.15) is 39.2 Å². The lowest BCUT2D eigenvalue weighted by molar-refractivity contribution is 0.558. The lowest BCUT2D eigenvalue weighted by Crippen LogP contribution is -2.26. The highest BCUT2D eigenvalue weighted by molar-refractivity contribution is 6.30. The van der Waals surface area contributed by atoms with Gasteiger partial charge in [0.15, 0.2) is 0 Å². The lowest BCUT2D eigenvalue weighted by atomic mass is 10.1. The molecule has 0 aliphatic carbocycles. The molecule has 19 heavy (non-hydrogen) atoms. The van der Waals surface area contributed by atoms with Crippen molar-refractivity contribution in [2.45, 2.75) is 40.2 Å². The fourth-order valence-electron chi connectivity index (χ4n) is 2.16. The first-order chi connectivity index (χ1) is 9.08. The van der Waals surface area contributed by atoms with Gasteiger partial charge in [-0.3, -0.25) is 0 Å². The summed E-state index contributed by atoms with van der Waals surface area (Å²) < 4.78 is 0. The highest BCUT2D eigenvalue weighted by atomic mass is 35.5. The molecule has 0 spiro atoms. The maximum atomic E-state index is 6.12. The average molecular weight is 283 g/mol. The van der Waals surface area contributed by atoms with E-state index in [1.807, 2.05) is 6.07 Å². The van der Waals surface area contributed by atoms with Crippen LogP contribution in [0.5, 0.6) is 0 Å². The molecule has 0 saturated carbocycles. The SMILES string of the molecule is CCCNCc1cc(Cl)ccc1N(C)CC(C)CC. The van der Waals surface area contributed by atoms with Gasteiger partial charge >= 0.3 is 0 Å². The molecule has 0 fully saturated rings. The van der Waals surface area contributed by atoms with E-state index in [1.165, 1.54) is 17.7 Å². The molecule has 0 bridgehead atoms. The molecular formula is C16H27ClN2. The standard InChI is InChI=1S/C16H27ClN2/c1-5-9-18-11-14-10-15(17)7-8-16(14)19(4)12-13(3)6-2/h7-8,10,13,18H,5-6,9,11-12H2,1-4H3. The van der Waals surface area contributed by atoms with Crippen LogP contribution < -0.4 is 10.2 Å². The van der Waals surface area contributed by atoms with Crippen molar-refractivity contribution in [2.24, 2.45) is 5.92 Å². The fraction of sp³-hybridized carbons (Fsp3) is 0.625. The molecule has 1 unspecified atom stereocenters. The Morgan fingerprint density at radius 3 is 2.68 bits per heavy atom. The summed E-state index contributed by atoms with van der Waals surface area (Å²) in [6, 6.07) is 6.19. The third-order valence-corrected chi connectivity index (χ3v) is 3.71. The van der Waals surface area contributed by atoms with Crippen LogP contribution in [-0.2, 0) is 6.54 Å². The zero-order valence-electron chi connectivity index (χ0n) is 12.7. The van der Waals surface area contributed by atoms with Crippen LogP contribution in [-0.4, -0.2) is 20.1 Å². The van der Waals surface area contributed by atoms with Crippen molar-refractivity contribution in [1.82, 2.24) is 5.32 Å². The third kappa shape index (κ3) is 5.42. The molecule has 1 atom stereocenters. The minimum absolute atomic E-state index is 0.706. The van der Waals surface area contributed by atoms with Gasteiger partial charge in [0.1, 0.15) is 0 Å². The van der Waals surface area contributed by atoms with Gasteiger partial charge < -0.3 is 10.2 Å². The van der Waals surface area contributed by atoms with Crippen molar-refractivity contribution in [3.05, 3.63) is 28.8 Å². The van der Waals surface area contributed by atoms with Gasteiger partial charge in [0.05, 0.1) is 0 Å². The molecule has 1 aromatic carbocycles. The molecule has 0 saturated heterocycles. The van der Waals surface area contributed by atoms with Gasteiger partial charge in [-0.25, -0.2) is 0 Å². The van der Waals surface area contributed by atoms with Crippen molar-refractivity contribution in [3.8, 4) is 0 Å². The Hall–Kier alpha value is -0.730. The Morgan fingerprint density at radius 2 is 2.05 bits per heavy atom. The maximum Gasteiger partial charge on any atom is 0.0410 e. The van der Waals surface area contributed by atoms with Crippen molar-refractivity contribution < 1.29 is 0 Å². The average Bonchev–Trinajstić information content (AvgIpc) is 2.38. The van der Waals surface area contributed by atoms with Crippen LogP contribution in [0.3, 0.4) is 0 Å². The topological polar surface area (TPSA) is 15.3 Å². The van der Waals surface area contributed by atoms with Crippen molar-refractivity contribution >= 4 is 17.3 Å². The summed E-state index contributed by atoms with van der Waals surface area (Å²) in [5, 5.41) is 4.27. The number of hydrogen-bond donors (Lipinski definition) is 1. The van der Waals surface area contributed by atoms with Gasteiger partial charge in [-0.1, -0.05) is 38.8 Å². The molecule has 1 rings (SSSR count). The Morgan fingerprint density at radius 1 is 1.32 bits per heavy atom. The first-order valence-corrected chi connectivity index (χ1v) is 7.66. The summed E-state index contributed by atoms with van der Waals surface area (Å²) in [4.78, 5) is 2.34. The second-order valence-corrected chi connectivity index (χ2v) is 5.78. The normalized spacial score (nSPS) is 12.5. The number of benzene rings is 1. The molecule has 0 radical (unpaired) electrons. The predicted molar refractivity (Wildman–Crippen MR) is 86.2 cm³/mol. The molecular weight excluding hydrogens is 256 g/mol. The number of hydrogen-bond acceptors (Lipinski definition) is 2. The minimum atomic E-state index is 0.706. The summed E-state index contributed by atoms with van der Waals surface area (Å²) in [6.45, 7) is 9.72. The molecule has 3 heteroatoms. The minimum Gasteiger partial charge on any atom is -0.374 e. The van der Waals surface area contributed by atoms with Gasteiger partial charge in [0.25, 0.3) is 0 Å². The van der Waals surface area contributed by atoms with E-state index in [-0.39, 0.29) is 0 Å². The van der Waals surface area contributed by atoms with Gasteiger partial charge in [-0.05, 0) is 42.6 Å². The Balaban J connectivity index is 2.79. The van der Waals surface area contributed by atoms with Crippen LogP contribution in [0.4, 0.5) is 5.69 Å². The van der Waals surface area contributed by atoms with Crippen LogP contribution in [0, 0.1) is 5.92 Å². The van der Waals surface area contributed by atoms with E-state index in [4.69, 9.17) is 11.6 Å². The molecule has 0 heterocycles. The summed E-state index contributed by atoms with van der Waals surface area (Å²) in [7, 11) is 2.17. The van der Waals surface area contributed by atoms with Gasteiger partial charge in [0, 0.05) is 30.8 Å². The zero-order chi connectivity index (χ0) is 14.3. The molecule has 2 nitrogen and oxygen atoms in total. The van der Waals surface area contributed by atoms with E-state index in [2.05, 4.69) is 50.2 Å².